The summed E-state index contributed by atoms with van der Waals surface area (Å²) in [4.78, 5) is 9.96. The van der Waals surface area contributed by atoms with E-state index in [1.807, 2.05) is 13.0 Å². The molecule has 1 rings (SSSR count). The van der Waals surface area contributed by atoms with Crippen LogP contribution in [0.2, 0.25) is 0 Å². The van der Waals surface area contributed by atoms with Gasteiger partial charge in [-0.05, 0) is 19.9 Å². The van der Waals surface area contributed by atoms with Gasteiger partial charge in [-0.25, -0.2) is 9.97 Å². The number of likely N-dealkylation sites (N-methyl/N-ethyl adjacent to an activating group) is 1. The van der Waals surface area contributed by atoms with Gasteiger partial charge in [0.2, 0.25) is 5.95 Å². The third-order valence-electron chi connectivity index (χ3n) is 1.84. The lowest BCUT2D eigenvalue weighted by molar-refractivity contribution is 0.201. The number of aryl methyl sites for hydroxylation is 1. The molecular weight excluding hydrogens is 192 g/mol. The van der Waals surface area contributed by atoms with Gasteiger partial charge in [-0.3, -0.25) is 0 Å². The minimum atomic E-state index is -0.454. The average Bonchev–Trinajstić information content (AvgIpc) is 2.15. The fourth-order valence-corrected chi connectivity index (χ4v) is 1.26. The second kappa shape index (κ2) is 4.71. The molecule has 0 aliphatic carbocycles. The van der Waals surface area contributed by atoms with Crippen LogP contribution in [0.5, 0.6) is 0 Å². The molecule has 1 heterocycles. The molecule has 0 fully saturated rings. The van der Waals surface area contributed by atoms with Crippen LogP contribution in [0.3, 0.4) is 0 Å². The summed E-state index contributed by atoms with van der Waals surface area (Å²) in [6.07, 6.45) is -0.454. The maximum absolute atomic E-state index is 9.22. The first kappa shape index (κ1) is 11.4. The zero-order valence-electron chi connectivity index (χ0n) is 9.10. The zero-order valence-corrected chi connectivity index (χ0v) is 9.10. The van der Waals surface area contributed by atoms with E-state index in [2.05, 4.69) is 9.97 Å². The third kappa shape index (κ3) is 3.18. The van der Waals surface area contributed by atoms with E-state index < -0.39 is 6.10 Å². The summed E-state index contributed by atoms with van der Waals surface area (Å²) in [5.41, 5.74) is 1.09. The van der Waals surface area contributed by atoms with Crippen LogP contribution in [0.1, 0.15) is 18.3 Å². The van der Waals surface area contributed by atoms with E-state index in [1.165, 1.54) is 0 Å². The molecule has 0 bridgehead atoms. The Labute approximate surface area is 89.0 Å². The Bertz CT molecular complexity index is 383. The molecule has 5 heteroatoms. The molecule has 0 spiro atoms. The van der Waals surface area contributed by atoms with Crippen molar-refractivity contribution in [3.63, 3.8) is 0 Å². The SMILES string of the molecule is Cc1cc(C#N)nc(N(C)CC(C)O)n1. The highest BCUT2D eigenvalue weighted by Gasteiger charge is 2.09. The second-order valence-corrected chi connectivity index (χ2v) is 3.54. The molecule has 0 aromatic carbocycles. The van der Waals surface area contributed by atoms with Crippen LogP contribution in [0, 0.1) is 18.3 Å². The topological polar surface area (TPSA) is 73.0 Å². The number of nitriles is 1. The number of hydrogen-bond donors (Lipinski definition) is 1. The Morgan fingerprint density at radius 1 is 1.60 bits per heavy atom. The first-order valence-electron chi connectivity index (χ1n) is 4.68. The number of rotatable bonds is 3. The number of aromatic nitrogens is 2. The fourth-order valence-electron chi connectivity index (χ4n) is 1.26. The van der Waals surface area contributed by atoms with E-state index >= 15 is 0 Å². The highest BCUT2D eigenvalue weighted by molar-refractivity contribution is 5.35. The largest absolute Gasteiger partial charge is 0.392 e. The Morgan fingerprint density at radius 3 is 2.80 bits per heavy atom. The second-order valence-electron chi connectivity index (χ2n) is 3.54. The maximum Gasteiger partial charge on any atom is 0.226 e. The molecule has 0 aliphatic rings. The molecule has 0 aliphatic heterocycles. The summed E-state index contributed by atoms with van der Waals surface area (Å²) in [5, 5.41) is 18.0. The normalized spacial score (nSPS) is 11.9. The van der Waals surface area contributed by atoms with E-state index in [4.69, 9.17) is 5.26 Å². The minimum absolute atomic E-state index is 0.343. The summed E-state index contributed by atoms with van der Waals surface area (Å²) >= 11 is 0. The summed E-state index contributed by atoms with van der Waals surface area (Å²) in [6.45, 7) is 3.94. The molecule has 1 unspecified atom stereocenters. The van der Waals surface area contributed by atoms with Crippen molar-refractivity contribution in [2.75, 3.05) is 18.5 Å². The molecule has 15 heavy (non-hydrogen) atoms. The number of aliphatic hydroxyl groups excluding tert-OH is 1. The predicted molar refractivity (Wildman–Crippen MR) is 56.4 cm³/mol. The van der Waals surface area contributed by atoms with E-state index in [-0.39, 0.29) is 0 Å². The predicted octanol–water partition coefficient (Wildman–Crippen LogP) is 0.474. The minimum Gasteiger partial charge on any atom is -0.392 e. The monoisotopic (exact) mass is 206 g/mol. The van der Waals surface area contributed by atoms with Gasteiger partial charge in [0.1, 0.15) is 11.8 Å². The Balaban J connectivity index is 2.94. The van der Waals surface area contributed by atoms with E-state index in [1.54, 1.807) is 24.9 Å². The first-order valence-corrected chi connectivity index (χ1v) is 4.68. The molecular formula is C10H14N4O. The number of anilines is 1. The first-order chi connectivity index (χ1) is 7.02. The van der Waals surface area contributed by atoms with Crippen LogP contribution in [-0.4, -0.2) is 34.8 Å². The molecule has 1 aromatic heterocycles. The van der Waals surface area contributed by atoms with Crippen molar-refractivity contribution >= 4 is 5.95 Å². The molecule has 0 radical (unpaired) electrons. The van der Waals surface area contributed by atoms with Gasteiger partial charge in [0, 0.05) is 19.3 Å². The highest BCUT2D eigenvalue weighted by atomic mass is 16.3. The molecule has 1 N–H and O–H groups in total. The lowest BCUT2D eigenvalue weighted by Gasteiger charge is -2.18. The van der Waals surface area contributed by atoms with E-state index in [9.17, 15) is 5.11 Å². The average molecular weight is 206 g/mol. The van der Waals surface area contributed by atoms with Gasteiger partial charge in [-0.2, -0.15) is 5.26 Å². The molecule has 0 amide bonds. The third-order valence-corrected chi connectivity index (χ3v) is 1.84. The quantitative estimate of drug-likeness (QED) is 0.778. The van der Waals surface area contributed by atoms with Gasteiger partial charge in [-0.15, -0.1) is 0 Å². The van der Waals surface area contributed by atoms with Gasteiger partial charge < -0.3 is 10.0 Å². The highest BCUT2D eigenvalue weighted by Crippen LogP contribution is 2.08. The van der Waals surface area contributed by atoms with Crippen molar-refractivity contribution in [3.8, 4) is 6.07 Å². The lowest BCUT2D eigenvalue weighted by atomic mass is 10.3. The summed E-state index contributed by atoms with van der Waals surface area (Å²) in [5.74, 6) is 0.465. The lowest BCUT2D eigenvalue weighted by Crippen LogP contribution is -2.28. The molecule has 0 saturated heterocycles. The summed E-state index contributed by atoms with van der Waals surface area (Å²) < 4.78 is 0. The van der Waals surface area contributed by atoms with Crippen LogP contribution in [0.25, 0.3) is 0 Å². The molecule has 5 nitrogen and oxygen atoms in total. The van der Waals surface area contributed by atoms with Crippen LogP contribution in [-0.2, 0) is 0 Å². The standard InChI is InChI=1S/C10H14N4O/c1-7-4-9(5-11)13-10(12-7)14(3)6-8(2)15/h4,8,15H,6H2,1-3H3. The molecule has 1 aromatic rings. The Kier molecular flexibility index (Phi) is 3.58. The van der Waals surface area contributed by atoms with Gasteiger partial charge >= 0.3 is 0 Å². The van der Waals surface area contributed by atoms with Crippen molar-refractivity contribution in [2.24, 2.45) is 0 Å². The van der Waals surface area contributed by atoms with Gasteiger partial charge in [0.05, 0.1) is 6.10 Å². The summed E-state index contributed by atoms with van der Waals surface area (Å²) in [6, 6.07) is 3.60. The van der Waals surface area contributed by atoms with Gasteiger partial charge in [0.15, 0.2) is 0 Å². The van der Waals surface area contributed by atoms with Gasteiger partial charge in [-0.1, -0.05) is 0 Å². The maximum atomic E-state index is 9.22. The number of nitrogens with zero attached hydrogens (tertiary/aromatic N) is 4. The van der Waals surface area contributed by atoms with Crippen LogP contribution < -0.4 is 4.90 Å². The summed E-state index contributed by atoms with van der Waals surface area (Å²) in [7, 11) is 1.78. The smallest absolute Gasteiger partial charge is 0.226 e. The van der Waals surface area contributed by atoms with Crippen molar-refractivity contribution < 1.29 is 5.11 Å². The van der Waals surface area contributed by atoms with Crippen LogP contribution >= 0.6 is 0 Å². The van der Waals surface area contributed by atoms with Crippen molar-refractivity contribution in [1.29, 1.82) is 5.26 Å². The molecule has 0 saturated carbocycles. The zero-order chi connectivity index (χ0) is 11.4. The number of aliphatic hydroxyl groups is 1. The van der Waals surface area contributed by atoms with E-state index in [0.29, 0.717) is 18.2 Å². The Morgan fingerprint density at radius 2 is 2.27 bits per heavy atom. The molecule has 80 valence electrons. The fraction of sp³-hybridized carbons (Fsp3) is 0.500. The van der Waals surface area contributed by atoms with Crippen LogP contribution in [0.4, 0.5) is 5.95 Å². The van der Waals surface area contributed by atoms with Crippen molar-refractivity contribution in [1.82, 2.24) is 9.97 Å². The Hall–Kier alpha value is -1.67. The van der Waals surface area contributed by atoms with Crippen molar-refractivity contribution in [2.45, 2.75) is 20.0 Å². The molecule has 1 atom stereocenters. The van der Waals surface area contributed by atoms with Crippen LogP contribution in [0.15, 0.2) is 6.07 Å². The van der Waals surface area contributed by atoms with Gasteiger partial charge in [0.25, 0.3) is 0 Å². The van der Waals surface area contributed by atoms with Crippen molar-refractivity contribution in [3.05, 3.63) is 17.5 Å². The number of hydrogen-bond acceptors (Lipinski definition) is 5. The van der Waals surface area contributed by atoms with E-state index in [0.717, 1.165) is 5.69 Å².